The van der Waals surface area contributed by atoms with Crippen molar-refractivity contribution in [1.29, 1.82) is 0 Å². The molecule has 11 heteroatoms. The van der Waals surface area contributed by atoms with Crippen LogP contribution in [0.15, 0.2) is 53.5 Å². The molecule has 1 N–H and O–H groups in total. The van der Waals surface area contributed by atoms with Gasteiger partial charge in [0.1, 0.15) is 17.0 Å². The minimum atomic E-state index is -1.15. The number of thioether (sulfide) groups is 1. The summed E-state index contributed by atoms with van der Waals surface area (Å²) in [6.07, 6.45) is -0.483. The summed E-state index contributed by atoms with van der Waals surface area (Å²) in [6, 6.07) is 13.6. The fraction of sp³-hybridized carbons (Fsp3) is 0.500. The van der Waals surface area contributed by atoms with E-state index in [0.29, 0.717) is 34.1 Å². The highest BCUT2D eigenvalue weighted by Crippen LogP contribution is 2.47. The van der Waals surface area contributed by atoms with Gasteiger partial charge in [-0.2, -0.15) is 0 Å². The van der Waals surface area contributed by atoms with Crippen LogP contribution in [0.3, 0.4) is 0 Å². The number of halogens is 1. The largest absolute Gasteiger partial charge is 0.494 e. The highest BCUT2D eigenvalue weighted by Gasteiger charge is 2.55. The highest BCUT2D eigenvalue weighted by molar-refractivity contribution is 8.13. The molecule has 5 rings (SSSR count). The van der Waals surface area contributed by atoms with Crippen molar-refractivity contribution < 1.29 is 28.0 Å². The molecule has 0 aromatic heterocycles. The van der Waals surface area contributed by atoms with Crippen molar-refractivity contribution in [2.75, 3.05) is 18.8 Å². The van der Waals surface area contributed by atoms with Gasteiger partial charge in [-0.05, 0) is 72.1 Å². The first kappa shape index (κ1) is 29.6. The molecule has 3 aliphatic rings. The van der Waals surface area contributed by atoms with Gasteiger partial charge in [0.2, 0.25) is 0 Å². The van der Waals surface area contributed by atoms with Crippen molar-refractivity contribution in [3.05, 3.63) is 65.5 Å². The molecule has 0 bridgehead atoms. The van der Waals surface area contributed by atoms with Crippen LogP contribution in [0.25, 0.3) is 0 Å². The van der Waals surface area contributed by atoms with Gasteiger partial charge in [0.15, 0.2) is 5.17 Å². The first-order valence-corrected chi connectivity index (χ1v) is 14.8. The molecule has 2 amide bonds. The maximum atomic E-state index is 15.9. The van der Waals surface area contributed by atoms with Crippen molar-refractivity contribution in [2.24, 2.45) is 10.9 Å². The molecule has 2 saturated heterocycles. The molecule has 8 nitrogen and oxygen atoms in total. The number of ether oxygens (including phenoxy) is 1. The van der Waals surface area contributed by atoms with E-state index in [9.17, 15) is 9.59 Å². The third-order valence-electron chi connectivity index (χ3n) is 8.16. The third-order valence-corrected chi connectivity index (χ3v) is 9.20. The standard InChI is InChI=1S/C30H37BFN3O5S/c1-27(2,3)38-26(37)35-16-20-17-41-25(33-24(36)19-11-9-8-10-12-19)34-30(20,18-35)22-15-21(13-14-23(22)32)31-39-28(4,5)29(6,7)40-31/h8-15,20H,16-18H2,1-7H3,(H,33,34,36)/t20-,30+/m1/s1. The molecular weight excluding hydrogens is 544 g/mol. The maximum Gasteiger partial charge on any atom is 0.494 e. The molecule has 2 atom stereocenters. The smallest absolute Gasteiger partial charge is 0.444 e. The predicted octanol–water partition coefficient (Wildman–Crippen LogP) is 4.72. The Morgan fingerprint density at radius 2 is 1.76 bits per heavy atom. The van der Waals surface area contributed by atoms with Gasteiger partial charge < -0.3 is 24.3 Å². The molecule has 3 heterocycles. The number of fused-ring (bicyclic) bond motifs is 1. The second kappa shape index (κ2) is 10.4. The monoisotopic (exact) mass is 581 g/mol. The first-order chi connectivity index (χ1) is 19.1. The fourth-order valence-electron chi connectivity index (χ4n) is 5.27. The zero-order valence-corrected chi connectivity index (χ0v) is 25.4. The Balaban J connectivity index is 1.55. The van der Waals surface area contributed by atoms with E-state index in [-0.39, 0.29) is 18.4 Å². The number of likely N-dealkylation sites (tertiary alicyclic amines) is 1. The lowest BCUT2D eigenvalue weighted by molar-refractivity contribution is 0.00578. The average molecular weight is 582 g/mol. The topological polar surface area (TPSA) is 89.5 Å². The van der Waals surface area contributed by atoms with Crippen LogP contribution in [0, 0.1) is 11.7 Å². The summed E-state index contributed by atoms with van der Waals surface area (Å²) in [5, 5.41) is 3.28. The third kappa shape index (κ3) is 5.76. The van der Waals surface area contributed by atoms with E-state index in [1.165, 1.54) is 17.8 Å². The molecule has 2 aromatic carbocycles. The van der Waals surface area contributed by atoms with E-state index in [2.05, 4.69) is 5.32 Å². The highest BCUT2D eigenvalue weighted by atomic mass is 32.2. The molecule has 218 valence electrons. The number of rotatable bonds is 3. The Hall–Kier alpha value is -2.89. The molecular formula is C30H37BFN3O5S. The number of nitrogens with one attached hydrogen (secondary N) is 1. The number of hydrogen-bond acceptors (Lipinski definition) is 7. The van der Waals surface area contributed by atoms with Crippen LogP contribution in [0.1, 0.15) is 64.4 Å². The number of benzene rings is 2. The minimum Gasteiger partial charge on any atom is -0.444 e. The van der Waals surface area contributed by atoms with E-state index in [4.69, 9.17) is 19.0 Å². The number of hydrogen-bond donors (Lipinski definition) is 1. The van der Waals surface area contributed by atoms with Crippen LogP contribution in [0.2, 0.25) is 0 Å². The Kier molecular flexibility index (Phi) is 7.53. The normalized spacial score (nSPS) is 25.0. The molecule has 0 aliphatic carbocycles. The van der Waals surface area contributed by atoms with E-state index in [0.717, 1.165) is 0 Å². The summed E-state index contributed by atoms with van der Waals surface area (Å²) in [6.45, 7) is 13.7. The maximum absolute atomic E-state index is 15.9. The summed E-state index contributed by atoms with van der Waals surface area (Å²) in [5.74, 6) is -0.460. The van der Waals surface area contributed by atoms with Crippen molar-refractivity contribution in [1.82, 2.24) is 10.2 Å². The van der Waals surface area contributed by atoms with Gasteiger partial charge in [-0.1, -0.05) is 42.1 Å². The van der Waals surface area contributed by atoms with Gasteiger partial charge in [-0.15, -0.1) is 0 Å². The predicted molar refractivity (Wildman–Crippen MR) is 159 cm³/mol. The summed E-state index contributed by atoms with van der Waals surface area (Å²) in [5.41, 5.74) is -1.49. The van der Waals surface area contributed by atoms with Crippen molar-refractivity contribution in [3.63, 3.8) is 0 Å². The molecule has 2 fully saturated rings. The number of carbonyl (C=O) groups is 2. The summed E-state index contributed by atoms with van der Waals surface area (Å²) in [4.78, 5) is 32.8. The molecule has 0 unspecified atom stereocenters. The summed E-state index contributed by atoms with van der Waals surface area (Å²) >= 11 is 1.39. The molecule has 0 radical (unpaired) electrons. The van der Waals surface area contributed by atoms with E-state index in [1.54, 1.807) is 41.3 Å². The number of nitrogens with zero attached hydrogens (tertiary/aromatic N) is 2. The second-order valence-corrected chi connectivity index (χ2v) is 13.9. The second-order valence-electron chi connectivity index (χ2n) is 12.9. The molecule has 2 aromatic rings. The zero-order valence-electron chi connectivity index (χ0n) is 24.6. The SMILES string of the molecule is CC(C)(C)OC(=O)N1C[C@@H]2CSC(NC(=O)c3ccccc3)=N[C@@]2(c2cc(B3OC(C)(C)C(C)(C)O3)ccc2F)C1. The summed E-state index contributed by atoms with van der Waals surface area (Å²) in [7, 11) is -0.697. The number of amidine groups is 1. The van der Waals surface area contributed by atoms with Crippen molar-refractivity contribution in [2.45, 2.75) is 70.8 Å². The molecule has 0 spiro atoms. The van der Waals surface area contributed by atoms with Gasteiger partial charge in [-0.3, -0.25) is 4.79 Å². The van der Waals surface area contributed by atoms with Crippen LogP contribution in [-0.4, -0.2) is 64.8 Å². The van der Waals surface area contributed by atoms with E-state index < -0.39 is 41.4 Å². The van der Waals surface area contributed by atoms with Gasteiger partial charge in [-0.25, -0.2) is 14.2 Å². The van der Waals surface area contributed by atoms with Crippen molar-refractivity contribution >= 4 is 41.5 Å². The van der Waals surface area contributed by atoms with Crippen LogP contribution in [-0.2, 0) is 19.6 Å². The lowest BCUT2D eigenvalue weighted by Gasteiger charge is -2.36. The van der Waals surface area contributed by atoms with Crippen LogP contribution in [0.4, 0.5) is 9.18 Å². The van der Waals surface area contributed by atoms with Crippen LogP contribution in [0.5, 0.6) is 0 Å². The Bertz CT molecular complexity index is 1360. The fourth-order valence-corrected chi connectivity index (χ4v) is 6.40. The number of aliphatic imine (C=N–C) groups is 1. The Morgan fingerprint density at radius 1 is 1.10 bits per heavy atom. The first-order valence-electron chi connectivity index (χ1n) is 13.8. The van der Waals surface area contributed by atoms with Gasteiger partial charge >= 0.3 is 13.2 Å². The van der Waals surface area contributed by atoms with Crippen LogP contribution < -0.4 is 10.8 Å². The Morgan fingerprint density at radius 3 is 2.39 bits per heavy atom. The Labute approximate surface area is 245 Å². The average Bonchev–Trinajstić information content (AvgIpc) is 3.37. The number of amides is 2. The summed E-state index contributed by atoms with van der Waals surface area (Å²) < 4.78 is 34.0. The molecule has 0 saturated carbocycles. The zero-order chi connectivity index (χ0) is 29.8. The van der Waals surface area contributed by atoms with Gasteiger partial charge in [0.25, 0.3) is 5.91 Å². The molecule has 41 heavy (non-hydrogen) atoms. The van der Waals surface area contributed by atoms with Crippen LogP contribution >= 0.6 is 11.8 Å². The van der Waals surface area contributed by atoms with E-state index >= 15 is 4.39 Å². The van der Waals surface area contributed by atoms with E-state index in [1.807, 2.05) is 54.5 Å². The van der Waals surface area contributed by atoms with Gasteiger partial charge in [0, 0.05) is 29.3 Å². The lowest BCUT2D eigenvalue weighted by Crippen LogP contribution is -2.44. The number of carbonyl (C=O) groups excluding carboxylic acids is 2. The minimum absolute atomic E-state index is 0.0988. The quantitative estimate of drug-likeness (QED) is 0.528. The molecule has 3 aliphatic heterocycles. The lowest BCUT2D eigenvalue weighted by atomic mass is 9.74. The van der Waals surface area contributed by atoms with Crippen molar-refractivity contribution in [3.8, 4) is 0 Å². The van der Waals surface area contributed by atoms with Gasteiger partial charge in [0.05, 0.1) is 17.7 Å².